The molecule has 0 spiro atoms. The summed E-state index contributed by atoms with van der Waals surface area (Å²) < 4.78 is 5.58. The molecule has 0 aliphatic heterocycles. The first kappa shape index (κ1) is 15.7. The third-order valence-corrected chi connectivity index (χ3v) is 4.40. The number of aryl methyl sites for hydroxylation is 1. The van der Waals surface area contributed by atoms with E-state index in [0.717, 1.165) is 4.88 Å². The molecular formula is C15H17ClN2O2S. The molecule has 2 N–H and O–H groups in total. The predicted molar refractivity (Wildman–Crippen MR) is 87.4 cm³/mol. The summed E-state index contributed by atoms with van der Waals surface area (Å²) in [5, 5.41) is 0.563. The van der Waals surface area contributed by atoms with Crippen LogP contribution in [0, 0.1) is 6.92 Å². The number of hydrogen-bond donors (Lipinski definition) is 1. The lowest BCUT2D eigenvalue weighted by Gasteiger charge is -2.17. The zero-order chi connectivity index (χ0) is 15.4. The maximum atomic E-state index is 12.2. The maximum absolute atomic E-state index is 12.2. The van der Waals surface area contributed by atoms with Crippen LogP contribution in [0.25, 0.3) is 0 Å². The van der Waals surface area contributed by atoms with Gasteiger partial charge in [-0.05, 0) is 25.1 Å². The number of para-hydroxylation sites is 1. The molecule has 6 heteroatoms. The van der Waals surface area contributed by atoms with Crippen molar-refractivity contribution in [3.8, 4) is 5.75 Å². The highest BCUT2D eigenvalue weighted by molar-refractivity contribution is 7.14. The topological polar surface area (TPSA) is 55.6 Å². The fraction of sp³-hybridized carbons (Fsp3) is 0.267. The Hall–Kier alpha value is -1.72. The van der Waals surface area contributed by atoms with Crippen molar-refractivity contribution >= 4 is 34.5 Å². The first-order chi connectivity index (χ1) is 9.99. The molecule has 1 aromatic heterocycles. The second-order valence-electron chi connectivity index (χ2n) is 4.63. The molecule has 4 nitrogen and oxygen atoms in total. The highest BCUT2D eigenvalue weighted by atomic mass is 35.5. The molecule has 0 atom stereocenters. The van der Waals surface area contributed by atoms with E-state index in [9.17, 15) is 4.79 Å². The van der Waals surface area contributed by atoms with Crippen molar-refractivity contribution in [2.45, 2.75) is 6.92 Å². The Morgan fingerprint density at radius 3 is 2.76 bits per heavy atom. The third-order valence-electron chi connectivity index (χ3n) is 3.03. The van der Waals surface area contributed by atoms with E-state index < -0.39 is 0 Å². The number of halogens is 1. The minimum atomic E-state index is -0.0532. The number of rotatable bonds is 5. The summed E-state index contributed by atoms with van der Waals surface area (Å²) in [4.78, 5) is 15.4. The van der Waals surface area contributed by atoms with Gasteiger partial charge in [-0.15, -0.1) is 11.3 Å². The molecule has 1 amide bonds. The summed E-state index contributed by atoms with van der Waals surface area (Å²) in [5.74, 6) is 0.568. The quantitative estimate of drug-likeness (QED) is 0.916. The standard InChI is InChI=1S/C15H17ClN2O2S/c1-10-12(17)9-14(21-10)15(19)18(2)7-8-20-13-6-4-3-5-11(13)16/h3-6,9H,7-8,17H2,1-2H3. The number of anilines is 1. The third kappa shape index (κ3) is 3.89. The SMILES string of the molecule is Cc1sc(C(=O)N(C)CCOc2ccccc2Cl)cc1N. The van der Waals surface area contributed by atoms with E-state index in [2.05, 4.69) is 0 Å². The Morgan fingerprint density at radius 1 is 1.43 bits per heavy atom. The van der Waals surface area contributed by atoms with Crippen LogP contribution in [0.15, 0.2) is 30.3 Å². The lowest BCUT2D eigenvalue weighted by molar-refractivity contribution is 0.0778. The van der Waals surface area contributed by atoms with Crippen molar-refractivity contribution in [2.24, 2.45) is 0 Å². The number of likely N-dealkylation sites (N-methyl/N-ethyl adjacent to an activating group) is 1. The lowest BCUT2D eigenvalue weighted by Crippen LogP contribution is -2.30. The van der Waals surface area contributed by atoms with Crippen molar-refractivity contribution in [1.82, 2.24) is 4.90 Å². The summed E-state index contributed by atoms with van der Waals surface area (Å²) in [6, 6.07) is 8.98. The van der Waals surface area contributed by atoms with Crippen LogP contribution in [0.4, 0.5) is 5.69 Å². The normalized spacial score (nSPS) is 10.4. The molecule has 1 heterocycles. The van der Waals surface area contributed by atoms with E-state index in [-0.39, 0.29) is 5.91 Å². The number of carbonyl (C=O) groups excluding carboxylic acids is 1. The van der Waals surface area contributed by atoms with Gasteiger partial charge in [-0.1, -0.05) is 23.7 Å². The number of amides is 1. The van der Waals surface area contributed by atoms with E-state index in [4.69, 9.17) is 22.1 Å². The number of nitrogens with two attached hydrogens (primary N) is 1. The van der Waals surface area contributed by atoms with Gasteiger partial charge in [-0.3, -0.25) is 4.79 Å². The van der Waals surface area contributed by atoms with Gasteiger partial charge in [-0.2, -0.15) is 0 Å². The van der Waals surface area contributed by atoms with Crippen LogP contribution in [-0.4, -0.2) is 31.0 Å². The Labute approximate surface area is 133 Å². The molecule has 0 fully saturated rings. The summed E-state index contributed by atoms with van der Waals surface area (Å²) in [7, 11) is 1.74. The fourth-order valence-electron chi connectivity index (χ4n) is 1.75. The van der Waals surface area contributed by atoms with Gasteiger partial charge < -0.3 is 15.4 Å². The van der Waals surface area contributed by atoms with E-state index in [0.29, 0.717) is 34.5 Å². The number of hydrogen-bond acceptors (Lipinski definition) is 4. The number of ether oxygens (including phenoxy) is 1. The monoisotopic (exact) mass is 324 g/mol. The minimum Gasteiger partial charge on any atom is -0.490 e. The van der Waals surface area contributed by atoms with Crippen molar-refractivity contribution < 1.29 is 9.53 Å². The van der Waals surface area contributed by atoms with Gasteiger partial charge in [0.2, 0.25) is 0 Å². The van der Waals surface area contributed by atoms with Gasteiger partial charge in [0.15, 0.2) is 0 Å². The first-order valence-electron chi connectivity index (χ1n) is 6.47. The predicted octanol–water partition coefficient (Wildman–Crippen LogP) is 3.44. The Bertz CT molecular complexity index is 623. The van der Waals surface area contributed by atoms with E-state index in [1.807, 2.05) is 19.1 Å². The second kappa shape index (κ2) is 6.83. The molecule has 0 saturated heterocycles. The number of thiophene rings is 1. The average Bonchev–Trinajstić information content (AvgIpc) is 2.80. The molecule has 0 saturated carbocycles. The Morgan fingerprint density at radius 2 is 2.14 bits per heavy atom. The van der Waals surface area contributed by atoms with Crippen molar-refractivity contribution in [1.29, 1.82) is 0 Å². The first-order valence-corrected chi connectivity index (χ1v) is 7.67. The molecule has 21 heavy (non-hydrogen) atoms. The van der Waals surface area contributed by atoms with Gasteiger partial charge in [0.25, 0.3) is 5.91 Å². The van der Waals surface area contributed by atoms with Crippen LogP contribution in [-0.2, 0) is 0 Å². The molecule has 0 unspecified atom stereocenters. The number of nitrogens with zero attached hydrogens (tertiary/aromatic N) is 1. The van der Waals surface area contributed by atoms with Crippen molar-refractivity contribution in [3.05, 3.63) is 45.1 Å². The molecule has 2 rings (SSSR count). The van der Waals surface area contributed by atoms with Gasteiger partial charge >= 0.3 is 0 Å². The summed E-state index contributed by atoms with van der Waals surface area (Å²) in [5.41, 5.74) is 6.43. The van der Waals surface area contributed by atoms with Crippen LogP contribution in [0.2, 0.25) is 5.02 Å². The molecule has 0 aliphatic carbocycles. The van der Waals surface area contributed by atoms with Crippen LogP contribution >= 0.6 is 22.9 Å². The minimum absolute atomic E-state index is 0.0532. The molecule has 1 aromatic carbocycles. The zero-order valence-electron chi connectivity index (χ0n) is 11.9. The van der Waals surface area contributed by atoms with Crippen LogP contribution in [0.3, 0.4) is 0 Å². The zero-order valence-corrected chi connectivity index (χ0v) is 13.5. The average molecular weight is 325 g/mol. The van der Waals surface area contributed by atoms with Gasteiger partial charge in [0.05, 0.1) is 16.4 Å². The van der Waals surface area contributed by atoms with E-state index >= 15 is 0 Å². The van der Waals surface area contributed by atoms with Gasteiger partial charge in [0.1, 0.15) is 12.4 Å². The van der Waals surface area contributed by atoms with Gasteiger partial charge in [-0.25, -0.2) is 0 Å². The molecule has 0 aliphatic rings. The highest BCUT2D eigenvalue weighted by Crippen LogP contribution is 2.25. The number of carbonyl (C=O) groups is 1. The smallest absolute Gasteiger partial charge is 0.263 e. The molecule has 0 bridgehead atoms. The Balaban J connectivity index is 1.88. The molecule has 112 valence electrons. The lowest BCUT2D eigenvalue weighted by atomic mass is 10.3. The molecule has 0 radical (unpaired) electrons. The number of benzene rings is 1. The largest absolute Gasteiger partial charge is 0.490 e. The maximum Gasteiger partial charge on any atom is 0.263 e. The highest BCUT2D eigenvalue weighted by Gasteiger charge is 2.15. The summed E-state index contributed by atoms with van der Waals surface area (Å²) >= 11 is 7.41. The van der Waals surface area contributed by atoms with Crippen LogP contribution < -0.4 is 10.5 Å². The van der Waals surface area contributed by atoms with E-state index in [1.54, 1.807) is 30.1 Å². The van der Waals surface area contributed by atoms with Gasteiger partial charge in [0, 0.05) is 17.6 Å². The Kier molecular flexibility index (Phi) is 5.09. The summed E-state index contributed by atoms with van der Waals surface area (Å²) in [6.45, 7) is 2.75. The second-order valence-corrected chi connectivity index (χ2v) is 6.29. The molecule has 2 aromatic rings. The fourth-order valence-corrected chi connectivity index (χ4v) is 2.87. The van der Waals surface area contributed by atoms with Crippen LogP contribution in [0.1, 0.15) is 14.5 Å². The van der Waals surface area contributed by atoms with E-state index in [1.165, 1.54) is 11.3 Å². The number of nitrogen functional groups attached to an aromatic ring is 1. The van der Waals surface area contributed by atoms with Crippen molar-refractivity contribution in [2.75, 3.05) is 25.9 Å². The van der Waals surface area contributed by atoms with Crippen LogP contribution in [0.5, 0.6) is 5.75 Å². The molecular weight excluding hydrogens is 308 g/mol. The van der Waals surface area contributed by atoms with Crippen molar-refractivity contribution in [3.63, 3.8) is 0 Å². The summed E-state index contributed by atoms with van der Waals surface area (Å²) in [6.07, 6.45) is 0.